The molecule has 2 aliphatic rings. The second-order valence-corrected chi connectivity index (χ2v) is 8.84. The van der Waals surface area contributed by atoms with Crippen LogP contribution in [0.1, 0.15) is 19.5 Å². The Kier molecular flexibility index (Phi) is 4.42. The maximum absolute atomic E-state index is 12.4. The van der Waals surface area contributed by atoms with Crippen molar-refractivity contribution in [1.82, 2.24) is 14.8 Å². The van der Waals surface area contributed by atoms with E-state index in [2.05, 4.69) is 9.88 Å². The highest BCUT2D eigenvalue weighted by molar-refractivity contribution is 7.91. The fraction of sp³-hybridized carbons (Fsp3) is 0.625. The van der Waals surface area contributed by atoms with E-state index in [0.29, 0.717) is 19.6 Å². The Morgan fingerprint density at radius 3 is 2.65 bits per heavy atom. The number of fused-ring (bicyclic) bond motifs is 1. The van der Waals surface area contributed by atoms with Gasteiger partial charge in [-0.15, -0.1) is 0 Å². The Bertz CT molecular complexity index is 675. The lowest BCUT2D eigenvalue weighted by atomic mass is 10.0. The quantitative estimate of drug-likeness (QED) is 0.805. The minimum absolute atomic E-state index is 0.0505. The number of rotatable bonds is 3. The minimum Gasteiger partial charge on any atom is -0.336 e. The van der Waals surface area contributed by atoms with Crippen molar-refractivity contribution in [2.45, 2.75) is 32.5 Å². The van der Waals surface area contributed by atoms with E-state index in [4.69, 9.17) is 0 Å². The zero-order chi connectivity index (χ0) is 16.6. The van der Waals surface area contributed by atoms with Gasteiger partial charge in [0, 0.05) is 37.8 Å². The smallest absolute Gasteiger partial charge is 0.225 e. The van der Waals surface area contributed by atoms with Crippen molar-refractivity contribution < 1.29 is 13.2 Å². The van der Waals surface area contributed by atoms with Crippen LogP contribution in [0.15, 0.2) is 24.4 Å². The number of pyridine rings is 1. The van der Waals surface area contributed by atoms with Gasteiger partial charge in [-0.2, -0.15) is 0 Å². The number of piperazine rings is 1. The fourth-order valence-corrected chi connectivity index (χ4v) is 5.54. The van der Waals surface area contributed by atoms with E-state index in [1.807, 2.05) is 32.0 Å². The largest absolute Gasteiger partial charge is 0.336 e. The van der Waals surface area contributed by atoms with Crippen molar-refractivity contribution in [2.24, 2.45) is 5.92 Å². The first kappa shape index (κ1) is 16.4. The van der Waals surface area contributed by atoms with Crippen molar-refractivity contribution in [3.63, 3.8) is 0 Å². The molecule has 3 rings (SSSR count). The molecule has 2 aliphatic heterocycles. The third kappa shape index (κ3) is 3.40. The number of nitrogens with zero attached hydrogens (tertiary/aromatic N) is 3. The molecular weight excluding hydrogens is 314 g/mol. The van der Waals surface area contributed by atoms with Gasteiger partial charge in [-0.1, -0.05) is 19.9 Å². The fourth-order valence-electron chi connectivity index (χ4n) is 3.53. The molecule has 1 aromatic rings. The monoisotopic (exact) mass is 337 g/mol. The van der Waals surface area contributed by atoms with Crippen LogP contribution in [0.3, 0.4) is 0 Å². The third-order valence-corrected chi connectivity index (χ3v) is 6.36. The molecule has 0 spiro atoms. The summed E-state index contributed by atoms with van der Waals surface area (Å²) in [7, 11) is -3.10. The van der Waals surface area contributed by atoms with Crippen LogP contribution < -0.4 is 0 Å². The molecule has 23 heavy (non-hydrogen) atoms. The Morgan fingerprint density at radius 1 is 1.26 bits per heavy atom. The van der Waals surface area contributed by atoms with Gasteiger partial charge in [0.2, 0.25) is 5.91 Å². The van der Waals surface area contributed by atoms with Crippen LogP contribution in [0.2, 0.25) is 0 Å². The number of hydrogen-bond donors (Lipinski definition) is 0. The van der Waals surface area contributed by atoms with Crippen LogP contribution in [0.4, 0.5) is 0 Å². The number of carbonyl (C=O) groups excluding carboxylic acids is 1. The predicted molar refractivity (Wildman–Crippen MR) is 87.4 cm³/mol. The summed E-state index contributed by atoms with van der Waals surface area (Å²) in [5, 5.41) is 0. The van der Waals surface area contributed by atoms with Crippen molar-refractivity contribution in [3.8, 4) is 0 Å². The highest BCUT2D eigenvalue weighted by Gasteiger charge is 2.48. The zero-order valence-electron chi connectivity index (χ0n) is 13.6. The molecule has 1 aromatic heterocycles. The van der Waals surface area contributed by atoms with Crippen molar-refractivity contribution in [2.75, 3.05) is 24.6 Å². The second-order valence-electron chi connectivity index (χ2n) is 6.69. The number of hydrogen-bond acceptors (Lipinski definition) is 5. The van der Waals surface area contributed by atoms with Gasteiger partial charge < -0.3 is 4.90 Å². The molecule has 0 unspecified atom stereocenters. The van der Waals surface area contributed by atoms with E-state index >= 15 is 0 Å². The van der Waals surface area contributed by atoms with Crippen LogP contribution in [0, 0.1) is 5.92 Å². The summed E-state index contributed by atoms with van der Waals surface area (Å²) in [4.78, 5) is 20.7. The first-order chi connectivity index (χ1) is 10.9. The first-order valence-corrected chi connectivity index (χ1v) is 9.84. The van der Waals surface area contributed by atoms with Gasteiger partial charge in [-0.25, -0.2) is 8.42 Å². The van der Waals surface area contributed by atoms with E-state index in [9.17, 15) is 13.2 Å². The second kappa shape index (κ2) is 6.20. The van der Waals surface area contributed by atoms with Gasteiger partial charge in [0.25, 0.3) is 0 Å². The third-order valence-electron chi connectivity index (χ3n) is 4.66. The molecule has 0 radical (unpaired) electrons. The van der Waals surface area contributed by atoms with Gasteiger partial charge >= 0.3 is 0 Å². The van der Waals surface area contributed by atoms with Gasteiger partial charge in [0.15, 0.2) is 9.84 Å². The summed E-state index contributed by atoms with van der Waals surface area (Å²) in [6.07, 6.45) is 1.75. The van der Waals surface area contributed by atoms with Crippen LogP contribution in [-0.2, 0) is 21.2 Å². The number of sulfone groups is 1. The highest BCUT2D eigenvalue weighted by Crippen LogP contribution is 2.29. The van der Waals surface area contributed by atoms with E-state index in [0.717, 1.165) is 5.69 Å². The molecule has 1 amide bonds. The molecule has 126 valence electrons. The molecule has 0 aliphatic carbocycles. The Morgan fingerprint density at radius 2 is 2.00 bits per heavy atom. The Balaban J connectivity index is 1.82. The Hall–Kier alpha value is -1.47. The van der Waals surface area contributed by atoms with Gasteiger partial charge in [0.05, 0.1) is 23.2 Å². The average Bonchev–Trinajstić information content (AvgIpc) is 2.83. The van der Waals surface area contributed by atoms with Crippen molar-refractivity contribution in [3.05, 3.63) is 30.1 Å². The predicted octanol–water partition coefficient (Wildman–Crippen LogP) is 0.547. The molecule has 6 nitrogen and oxygen atoms in total. The topological polar surface area (TPSA) is 70.6 Å². The standard InChI is InChI=1S/C16H23N3O3S/c1-12(2)16(20)19-8-7-18(9-13-5-3-4-6-17-13)14-10-23(21,22)11-15(14)19/h3-6,12,14-15H,7-11H2,1-2H3/t14-,15+/m1/s1. The normalized spacial score (nSPS) is 27.2. The molecule has 2 fully saturated rings. The Labute approximate surface area is 137 Å². The van der Waals surface area contributed by atoms with Crippen LogP contribution in [0.25, 0.3) is 0 Å². The minimum atomic E-state index is -3.10. The van der Waals surface area contributed by atoms with Crippen LogP contribution >= 0.6 is 0 Å². The summed E-state index contributed by atoms with van der Waals surface area (Å²) in [5.41, 5.74) is 0.930. The molecule has 2 atom stereocenters. The first-order valence-electron chi connectivity index (χ1n) is 8.02. The SMILES string of the molecule is CC(C)C(=O)N1CCN(Cc2ccccn2)[C@@H]2CS(=O)(=O)C[C@@H]21. The van der Waals surface area contributed by atoms with E-state index in [1.165, 1.54) is 0 Å². The maximum Gasteiger partial charge on any atom is 0.225 e. The van der Waals surface area contributed by atoms with E-state index < -0.39 is 9.84 Å². The molecular formula is C16H23N3O3S. The van der Waals surface area contributed by atoms with E-state index in [1.54, 1.807) is 11.1 Å². The lowest BCUT2D eigenvalue weighted by Gasteiger charge is -2.44. The zero-order valence-corrected chi connectivity index (χ0v) is 14.4. The van der Waals surface area contributed by atoms with Gasteiger partial charge in [-0.3, -0.25) is 14.7 Å². The van der Waals surface area contributed by atoms with Gasteiger partial charge in [0.1, 0.15) is 0 Å². The molecule has 2 saturated heterocycles. The van der Waals surface area contributed by atoms with Crippen LogP contribution in [-0.4, -0.2) is 65.8 Å². The van der Waals surface area contributed by atoms with E-state index in [-0.39, 0.29) is 35.4 Å². The number of carbonyl (C=O) groups is 1. The summed E-state index contributed by atoms with van der Waals surface area (Å²) in [6.45, 7) is 5.62. The lowest BCUT2D eigenvalue weighted by molar-refractivity contribution is -0.140. The van der Waals surface area contributed by atoms with Crippen molar-refractivity contribution >= 4 is 15.7 Å². The molecule has 0 aromatic carbocycles. The summed E-state index contributed by atoms with van der Waals surface area (Å²) >= 11 is 0. The van der Waals surface area contributed by atoms with Gasteiger partial charge in [-0.05, 0) is 12.1 Å². The number of amides is 1. The summed E-state index contributed by atoms with van der Waals surface area (Å²) in [5.74, 6) is 0.150. The molecule has 7 heteroatoms. The molecule has 3 heterocycles. The van der Waals surface area contributed by atoms with Crippen molar-refractivity contribution in [1.29, 1.82) is 0 Å². The van der Waals surface area contributed by atoms with Crippen LogP contribution in [0.5, 0.6) is 0 Å². The maximum atomic E-state index is 12.4. The highest BCUT2D eigenvalue weighted by atomic mass is 32.2. The lowest BCUT2D eigenvalue weighted by Crippen LogP contribution is -2.60. The number of aromatic nitrogens is 1. The summed E-state index contributed by atoms with van der Waals surface area (Å²) < 4.78 is 24.3. The average molecular weight is 337 g/mol. The molecule has 0 N–H and O–H groups in total. The molecule has 0 bridgehead atoms. The molecule has 0 saturated carbocycles. The summed E-state index contributed by atoms with van der Waals surface area (Å²) in [6, 6.07) is 5.39.